The van der Waals surface area contributed by atoms with Gasteiger partial charge in [-0.25, -0.2) is 0 Å². The number of carbonyl (C=O) groups is 1. The first-order valence-corrected chi connectivity index (χ1v) is 7.98. The van der Waals surface area contributed by atoms with Gasteiger partial charge in [0.15, 0.2) is 0 Å². The standard InChI is InChI=1S/C16H24N2O/c17-10-15(12-6-7-12)18-16(19)14-8-5-11-3-1-2-4-13(11)9-14/h11-15H,1-9H2,(H,18,19). The summed E-state index contributed by atoms with van der Waals surface area (Å²) in [6.07, 6.45) is 11.0. The van der Waals surface area contributed by atoms with Crippen molar-refractivity contribution in [1.82, 2.24) is 5.32 Å². The van der Waals surface area contributed by atoms with E-state index in [1.165, 1.54) is 32.1 Å². The Hall–Kier alpha value is -1.04. The average molecular weight is 260 g/mol. The minimum absolute atomic E-state index is 0.155. The molecule has 0 bridgehead atoms. The molecule has 3 fully saturated rings. The molecule has 0 heterocycles. The number of hydrogen-bond donors (Lipinski definition) is 1. The third kappa shape index (κ3) is 2.94. The number of rotatable bonds is 3. The molecule has 0 aromatic carbocycles. The van der Waals surface area contributed by atoms with E-state index in [-0.39, 0.29) is 17.9 Å². The van der Waals surface area contributed by atoms with Crippen LogP contribution in [0.5, 0.6) is 0 Å². The SMILES string of the molecule is N#CC(NC(=O)C1CCC2CCCCC2C1)C1CC1. The van der Waals surface area contributed by atoms with Gasteiger partial charge in [-0.1, -0.05) is 25.7 Å². The molecule has 0 aromatic rings. The molecule has 3 rings (SSSR count). The summed E-state index contributed by atoms with van der Waals surface area (Å²) in [5.41, 5.74) is 0. The Balaban J connectivity index is 1.54. The van der Waals surface area contributed by atoms with E-state index < -0.39 is 0 Å². The maximum absolute atomic E-state index is 12.3. The Bertz CT molecular complexity index is 383. The van der Waals surface area contributed by atoms with Crippen molar-refractivity contribution in [3.05, 3.63) is 0 Å². The van der Waals surface area contributed by atoms with Crippen LogP contribution >= 0.6 is 0 Å². The molecule has 0 aromatic heterocycles. The summed E-state index contributed by atoms with van der Waals surface area (Å²) < 4.78 is 0. The lowest BCUT2D eigenvalue weighted by Crippen LogP contribution is -2.42. The summed E-state index contributed by atoms with van der Waals surface area (Å²) in [5, 5.41) is 12.1. The van der Waals surface area contributed by atoms with Crippen LogP contribution in [0.15, 0.2) is 0 Å². The molecule has 3 aliphatic rings. The number of nitrogens with zero attached hydrogens (tertiary/aromatic N) is 1. The predicted octanol–water partition coefficient (Wildman–Crippen LogP) is 3.01. The molecule has 1 amide bonds. The fourth-order valence-electron chi connectivity index (χ4n) is 4.07. The largest absolute Gasteiger partial charge is 0.340 e. The van der Waals surface area contributed by atoms with E-state index in [1.54, 1.807) is 0 Å². The van der Waals surface area contributed by atoms with E-state index in [0.29, 0.717) is 5.92 Å². The Morgan fingerprint density at radius 3 is 2.47 bits per heavy atom. The van der Waals surface area contributed by atoms with Crippen LogP contribution in [0.25, 0.3) is 0 Å². The Kier molecular flexibility index (Phi) is 3.77. The highest BCUT2D eigenvalue weighted by atomic mass is 16.1. The second kappa shape index (κ2) is 5.53. The fraction of sp³-hybridized carbons (Fsp3) is 0.875. The topological polar surface area (TPSA) is 52.9 Å². The third-order valence-electron chi connectivity index (χ3n) is 5.44. The number of nitrogens with one attached hydrogen (secondary N) is 1. The monoisotopic (exact) mass is 260 g/mol. The normalized spacial score (nSPS) is 35.8. The van der Waals surface area contributed by atoms with Crippen molar-refractivity contribution in [2.24, 2.45) is 23.7 Å². The van der Waals surface area contributed by atoms with Crippen LogP contribution in [0.3, 0.4) is 0 Å². The summed E-state index contributed by atoms with van der Waals surface area (Å²) in [7, 11) is 0. The minimum Gasteiger partial charge on any atom is -0.340 e. The van der Waals surface area contributed by atoms with Crippen molar-refractivity contribution in [2.45, 2.75) is 63.8 Å². The lowest BCUT2D eigenvalue weighted by atomic mass is 9.67. The summed E-state index contributed by atoms with van der Waals surface area (Å²) in [5.74, 6) is 2.42. The molecule has 0 radical (unpaired) electrons. The van der Waals surface area contributed by atoms with Gasteiger partial charge >= 0.3 is 0 Å². The lowest BCUT2D eigenvalue weighted by molar-refractivity contribution is -0.127. The van der Waals surface area contributed by atoms with E-state index in [4.69, 9.17) is 5.26 Å². The van der Waals surface area contributed by atoms with Gasteiger partial charge in [0.2, 0.25) is 5.91 Å². The lowest BCUT2D eigenvalue weighted by Gasteiger charge is -2.38. The summed E-state index contributed by atoms with van der Waals surface area (Å²) in [4.78, 5) is 12.3. The van der Waals surface area contributed by atoms with Gasteiger partial charge in [-0.3, -0.25) is 4.79 Å². The highest BCUT2D eigenvalue weighted by Gasteiger charge is 2.37. The van der Waals surface area contributed by atoms with Crippen LogP contribution in [0.4, 0.5) is 0 Å². The predicted molar refractivity (Wildman–Crippen MR) is 73.1 cm³/mol. The van der Waals surface area contributed by atoms with Crippen molar-refractivity contribution in [3.63, 3.8) is 0 Å². The molecule has 3 saturated carbocycles. The van der Waals surface area contributed by atoms with Crippen molar-refractivity contribution in [3.8, 4) is 6.07 Å². The molecule has 4 atom stereocenters. The van der Waals surface area contributed by atoms with E-state index in [0.717, 1.165) is 37.5 Å². The van der Waals surface area contributed by atoms with Crippen LogP contribution in [-0.2, 0) is 4.79 Å². The first-order valence-electron chi connectivity index (χ1n) is 7.98. The molecule has 1 N–H and O–H groups in total. The zero-order valence-electron chi connectivity index (χ0n) is 11.6. The molecule has 3 nitrogen and oxygen atoms in total. The van der Waals surface area contributed by atoms with Crippen molar-refractivity contribution in [2.75, 3.05) is 0 Å². The molecular weight excluding hydrogens is 236 g/mol. The van der Waals surface area contributed by atoms with Crippen LogP contribution in [0.2, 0.25) is 0 Å². The first kappa shape index (κ1) is 13.0. The van der Waals surface area contributed by atoms with Crippen molar-refractivity contribution >= 4 is 5.91 Å². The number of nitriles is 1. The zero-order chi connectivity index (χ0) is 13.2. The van der Waals surface area contributed by atoms with Gasteiger partial charge in [0, 0.05) is 5.92 Å². The summed E-state index contributed by atoms with van der Waals surface area (Å²) in [6, 6.07) is 2.03. The molecule has 19 heavy (non-hydrogen) atoms. The van der Waals surface area contributed by atoms with E-state index in [2.05, 4.69) is 11.4 Å². The Labute approximate surface area is 115 Å². The quantitative estimate of drug-likeness (QED) is 0.848. The zero-order valence-corrected chi connectivity index (χ0v) is 11.6. The Morgan fingerprint density at radius 2 is 1.79 bits per heavy atom. The smallest absolute Gasteiger partial charge is 0.224 e. The van der Waals surface area contributed by atoms with Crippen LogP contribution in [0.1, 0.15) is 57.8 Å². The molecule has 0 saturated heterocycles. The number of amides is 1. The maximum Gasteiger partial charge on any atom is 0.224 e. The second-order valence-corrected chi connectivity index (χ2v) is 6.77. The van der Waals surface area contributed by atoms with Gasteiger partial charge in [-0.15, -0.1) is 0 Å². The van der Waals surface area contributed by atoms with Crippen molar-refractivity contribution in [1.29, 1.82) is 5.26 Å². The minimum atomic E-state index is -0.225. The van der Waals surface area contributed by atoms with E-state index in [1.807, 2.05) is 0 Å². The maximum atomic E-state index is 12.3. The first-order chi connectivity index (χ1) is 9.28. The molecule has 104 valence electrons. The third-order valence-corrected chi connectivity index (χ3v) is 5.44. The van der Waals surface area contributed by atoms with Gasteiger partial charge in [0.25, 0.3) is 0 Å². The van der Waals surface area contributed by atoms with Crippen LogP contribution in [0, 0.1) is 35.0 Å². The molecule has 4 unspecified atom stereocenters. The highest BCUT2D eigenvalue weighted by molar-refractivity contribution is 5.79. The molecule has 0 aliphatic heterocycles. The number of hydrogen-bond acceptors (Lipinski definition) is 2. The summed E-state index contributed by atoms with van der Waals surface area (Å²) >= 11 is 0. The van der Waals surface area contributed by atoms with E-state index in [9.17, 15) is 4.79 Å². The van der Waals surface area contributed by atoms with Gasteiger partial charge in [0.1, 0.15) is 6.04 Å². The molecule has 3 heteroatoms. The average Bonchev–Trinajstić information content (AvgIpc) is 3.28. The number of fused-ring (bicyclic) bond motifs is 1. The molecular formula is C16H24N2O. The summed E-state index contributed by atoms with van der Waals surface area (Å²) in [6.45, 7) is 0. The van der Waals surface area contributed by atoms with Gasteiger partial charge in [-0.2, -0.15) is 5.26 Å². The van der Waals surface area contributed by atoms with Gasteiger partial charge in [-0.05, 0) is 49.9 Å². The van der Waals surface area contributed by atoms with Crippen LogP contribution in [-0.4, -0.2) is 11.9 Å². The van der Waals surface area contributed by atoms with E-state index >= 15 is 0 Å². The molecule has 0 spiro atoms. The van der Waals surface area contributed by atoms with Gasteiger partial charge < -0.3 is 5.32 Å². The number of carbonyl (C=O) groups excluding carboxylic acids is 1. The fourth-order valence-corrected chi connectivity index (χ4v) is 4.07. The van der Waals surface area contributed by atoms with Crippen molar-refractivity contribution < 1.29 is 4.79 Å². The van der Waals surface area contributed by atoms with Gasteiger partial charge in [0.05, 0.1) is 6.07 Å². The Morgan fingerprint density at radius 1 is 1.05 bits per heavy atom. The second-order valence-electron chi connectivity index (χ2n) is 6.77. The van der Waals surface area contributed by atoms with Crippen LogP contribution < -0.4 is 5.32 Å². The molecule has 3 aliphatic carbocycles. The highest BCUT2D eigenvalue weighted by Crippen LogP contribution is 2.43.